The number of carbonyl (C=O) groups excluding carboxylic acids is 1. The fraction of sp³-hybridized carbons (Fsp3) is 0.500. The van der Waals surface area contributed by atoms with Gasteiger partial charge in [-0.2, -0.15) is 0 Å². The molecule has 1 aromatic carbocycles. The summed E-state index contributed by atoms with van der Waals surface area (Å²) >= 11 is 0. The molecule has 6 nitrogen and oxygen atoms in total. The van der Waals surface area contributed by atoms with Gasteiger partial charge >= 0.3 is 0 Å². The summed E-state index contributed by atoms with van der Waals surface area (Å²) in [4.78, 5) is 14.4. The van der Waals surface area contributed by atoms with Crippen LogP contribution in [0.4, 0.5) is 0 Å². The van der Waals surface area contributed by atoms with Gasteiger partial charge in [-0.25, -0.2) is 4.68 Å². The van der Waals surface area contributed by atoms with Gasteiger partial charge in [-0.15, -0.1) is 5.10 Å². The van der Waals surface area contributed by atoms with Crippen LogP contribution in [0.1, 0.15) is 24.1 Å². The Morgan fingerprint density at radius 1 is 1.33 bits per heavy atom. The van der Waals surface area contributed by atoms with Gasteiger partial charge in [0.1, 0.15) is 12.3 Å². The van der Waals surface area contributed by atoms with Crippen LogP contribution in [0, 0.1) is 19.8 Å². The van der Waals surface area contributed by atoms with Crippen molar-refractivity contribution in [3.05, 3.63) is 41.7 Å². The van der Waals surface area contributed by atoms with Crippen LogP contribution in [0.25, 0.3) is 0 Å². The van der Waals surface area contributed by atoms with Gasteiger partial charge in [0.15, 0.2) is 0 Å². The van der Waals surface area contributed by atoms with Crippen molar-refractivity contribution < 1.29 is 9.53 Å². The number of aryl methyl sites for hydroxylation is 2. The van der Waals surface area contributed by atoms with E-state index in [1.165, 1.54) is 0 Å². The van der Waals surface area contributed by atoms with E-state index in [0.717, 1.165) is 42.9 Å². The molecule has 0 unspecified atom stereocenters. The van der Waals surface area contributed by atoms with Crippen LogP contribution in [-0.4, -0.2) is 45.5 Å². The lowest BCUT2D eigenvalue weighted by atomic mass is 9.99. The van der Waals surface area contributed by atoms with Crippen LogP contribution in [0.15, 0.2) is 30.5 Å². The molecule has 0 spiro atoms. The number of benzene rings is 1. The molecule has 1 aliphatic heterocycles. The third-order valence-electron chi connectivity index (χ3n) is 4.39. The minimum Gasteiger partial charge on any atom is -0.493 e. The smallest absolute Gasteiger partial charge is 0.244 e. The zero-order valence-corrected chi connectivity index (χ0v) is 14.3. The Labute approximate surface area is 142 Å². The number of para-hydroxylation sites is 1. The van der Waals surface area contributed by atoms with E-state index in [9.17, 15) is 4.79 Å². The van der Waals surface area contributed by atoms with Crippen LogP contribution >= 0.6 is 0 Å². The molecule has 1 aromatic heterocycles. The Bertz CT molecular complexity index is 698. The minimum absolute atomic E-state index is 0.0977. The van der Waals surface area contributed by atoms with Crippen molar-refractivity contribution in [2.45, 2.75) is 33.2 Å². The number of rotatable bonds is 5. The molecule has 6 heteroatoms. The number of amides is 1. The monoisotopic (exact) mass is 328 g/mol. The third kappa shape index (κ3) is 4.13. The predicted octanol–water partition coefficient (Wildman–Crippen LogP) is 2.21. The van der Waals surface area contributed by atoms with Gasteiger partial charge in [-0.1, -0.05) is 23.4 Å². The summed E-state index contributed by atoms with van der Waals surface area (Å²) in [6, 6.07) is 8.04. The average molecular weight is 328 g/mol. The standard InChI is InChI=1S/C18H24N4O2/c1-14-6-3-4-8-17(14)24-13-16-7-5-9-21(11-16)18(23)12-22-10-15(2)19-20-22/h3-4,6,8,10,16H,5,7,9,11-13H2,1-2H3/t16-/m1/s1. The molecule has 0 saturated carbocycles. The first-order valence-electron chi connectivity index (χ1n) is 8.45. The second-order valence-electron chi connectivity index (χ2n) is 6.48. The fourth-order valence-corrected chi connectivity index (χ4v) is 3.06. The number of nitrogens with zero attached hydrogens (tertiary/aromatic N) is 4. The van der Waals surface area contributed by atoms with Crippen molar-refractivity contribution in [1.29, 1.82) is 0 Å². The third-order valence-corrected chi connectivity index (χ3v) is 4.39. The molecule has 2 heterocycles. The van der Waals surface area contributed by atoms with Crippen molar-refractivity contribution in [2.24, 2.45) is 5.92 Å². The SMILES string of the molecule is Cc1cn(CC(=O)N2CCC[C@@H](COc3ccccc3C)C2)nn1. The zero-order valence-electron chi connectivity index (χ0n) is 14.3. The van der Waals surface area contributed by atoms with Gasteiger partial charge in [0, 0.05) is 25.2 Å². The first kappa shape index (κ1) is 16.5. The van der Waals surface area contributed by atoms with E-state index in [1.807, 2.05) is 43.0 Å². The van der Waals surface area contributed by atoms with Gasteiger partial charge in [-0.05, 0) is 38.3 Å². The summed E-state index contributed by atoms with van der Waals surface area (Å²) in [6.45, 7) is 6.38. The van der Waals surface area contributed by atoms with Gasteiger partial charge in [0.2, 0.25) is 5.91 Å². The molecule has 1 atom stereocenters. The zero-order chi connectivity index (χ0) is 16.9. The van der Waals surface area contributed by atoms with Crippen LogP contribution in [-0.2, 0) is 11.3 Å². The molecule has 3 rings (SSSR count). The summed E-state index contributed by atoms with van der Waals surface area (Å²) in [5.74, 6) is 1.40. The number of hydrogen-bond acceptors (Lipinski definition) is 4. The predicted molar refractivity (Wildman–Crippen MR) is 90.7 cm³/mol. The largest absolute Gasteiger partial charge is 0.493 e. The summed E-state index contributed by atoms with van der Waals surface area (Å²) in [7, 11) is 0. The van der Waals surface area contributed by atoms with Crippen molar-refractivity contribution >= 4 is 5.91 Å². The van der Waals surface area contributed by atoms with Gasteiger partial charge < -0.3 is 9.64 Å². The van der Waals surface area contributed by atoms with Crippen LogP contribution in [0.3, 0.4) is 0 Å². The topological polar surface area (TPSA) is 60.2 Å². The molecular formula is C18H24N4O2. The average Bonchev–Trinajstić information content (AvgIpc) is 2.99. The number of piperidine rings is 1. The van der Waals surface area contributed by atoms with Gasteiger partial charge in [0.05, 0.1) is 12.3 Å². The van der Waals surface area contributed by atoms with E-state index in [1.54, 1.807) is 10.9 Å². The number of ether oxygens (including phenoxy) is 1. The van der Waals surface area contributed by atoms with Gasteiger partial charge in [0.25, 0.3) is 0 Å². The number of carbonyl (C=O) groups is 1. The van der Waals surface area contributed by atoms with Crippen LogP contribution < -0.4 is 4.74 Å². The summed E-state index contributed by atoms with van der Waals surface area (Å²) in [5, 5.41) is 7.87. The molecule has 0 N–H and O–H groups in total. The lowest BCUT2D eigenvalue weighted by Crippen LogP contribution is -2.43. The molecule has 0 radical (unpaired) electrons. The summed E-state index contributed by atoms with van der Waals surface area (Å²) < 4.78 is 7.56. The van der Waals surface area contributed by atoms with E-state index in [0.29, 0.717) is 12.5 Å². The number of aromatic nitrogens is 3. The van der Waals surface area contributed by atoms with Crippen LogP contribution in [0.2, 0.25) is 0 Å². The maximum absolute atomic E-state index is 12.4. The molecule has 0 bridgehead atoms. The molecule has 1 amide bonds. The van der Waals surface area contributed by atoms with E-state index in [2.05, 4.69) is 10.3 Å². The maximum Gasteiger partial charge on any atom is 0.244 e. The van der Waals surface area contributed by atoms with Gasteiger partial charge in [-0.3, -0.25) is 4.79 Å². The van der Waals surface area contributed by atoms with Crippen molar-refractivity contribution in [1.82, 2.24) is 19.9 Å². The highest BCUT2D eigenvalue weighted by Gasteiger charge is 2.24. The fourth-order valence-electron chi connectivity index (χ4n) is 3.06. The van der Waals surface area contributed by atoms with E-state index in [-0.39, 0.29) is 12.5 Å². The Kier molecular flexibility index (Phi) is 5.13. The molecule has 128 valence electrons. The Hall–Kier alpha value is -2.37. The summed E-state index contributed by atoms with van der Waals surface area (Å²) in [6.07, 6.45) is 3.91. The molecule has 1 saturated heterocycles. The Balaban J connectivity index is 1.52. The number of hydrogen-bond donors (Lipinski definition) is 0. The minimum atomic E-state index is 0.0977. The van der Waals surface area contributed by atoms with E-state index < -0.39 is 0 Å². The lowest BCUT2D eigenvalue weighted by Gasteiger charge is -2.32. The highest BCUT2D eigenvalue weighted by Crippen LogP contribution is 2.21. The van der Waals surface area contributed by atoms with E-state index in [4.69, 9.17) is 4.74 Å². The van der Waals surface area contributed by atoms with Crippen molar-refractivity contribution in [2.75, 3.05) is 19.7 Å². The van der Waals surface area contributed by atoms with Crippen LogP contribution in [0.5, 0.6) is 5.75 Å². The quantitative estimate of drug-likeness (QED) is 0.844. The van der Waals surface area contributed by atoms with Crippen molar-refractivity contribution in [3.63, 3.8) is 0 Å². The molecule has 1 fully saturated rings. The highest BCUT2D eigenvalue weighted by atomic mass is 16.5. The first-order chi connectivity index (χ1) is 11.6. The van der Waals surface area contributed by atoms with E-state index >= 15 is 0 Å². The summed E-state index contributed by atoms with van der Waals surface area (Å²) in [5.41, 5.74) is 1.97. The molecule has 2 aromatic rings. The van der Waals surface area contributed by atoms with Crippen molar-refractivity contribution in [3.8, 4) is 5.75 Å². The molecule has 0 aliphatic carbocycles. The Morgan fingerprint density at radius 2 is 2.17 bits per heavy atom. The second-order valence-corrected chi connectivity index (χ2v) is 6.48. The molecule has 24 heavy (non-hydrogen) atoms. The first-order valence-corrected chi connectivity index (χ1v) is 8.45. The highest BCUT2D eigenvalue weighted by molar-refractivity contribution is 5.76. The molecule has 1 aliphatic rings. The molecular weight excluding hydrogens is 304 g/mol. The number of likely N-dealkylation sites (tertiary alicyclic amines) is 1. The normalized spacial score (nSPS) is 17.8. The Morgan fingerprint density at radius 3 is 2.92 bits per heavy atom. The lowest BCUT2D eigenvalue weighted by molar-refractivity contribution is -0.134. The maximum atomic E-state index is 12.4. The second kappa shape index (κ2) is 7.47.